The Morgan fingerprint density at radius 1 is 1.40 bits per heavy atom. The Morgan fingerprint density at radius 3 is 2.60 bits per heavy atom. The van der Waals surface area contributed by atoms with Crippen molar-refractivity contribution in [1.29, 1.82) is 0 Å². The van der Waals surface area contributed by atoms with Gasteiger partial charge < -0.3 is 5.32 Å². The number of hydrogen-bond donors (Lipinski definition) is 2. The summed E-state index contributed by atoms with van der Waals surface area (Å²) in [6.07, 6.45) is 6.28. The first-order valence-electron chi connectivity index (χ1n) is 6.66. The number of thiazole rings is 1. The Kier molecular flexibility index (Phi) is 4.77. The number of aromatic nitrogens is 1. The van der Waals surface area contributed by atoms with E-state index in [1.165, 1.54) is 19.3 Å². The molecule has 1 amide bonds. The van der Waals surface area contributed by atoms with Crippen LogP contribution in [0.4, 0.5) is 5.13 Å². The van der Waals surface area contributed by atoms with Gasteiger partial charge in [-0.15, -0.1) is 0 Å². The summed E-state index contributed by atoms with van der Waals surface area (Å²) in [5.41, 5.74) is 0.325. The molecule has 0 atom stereocenters. The zero-order chi connectivity index (χ0) is 14.8. The standard InChI is InChI=1S/C12H19N3O3S2/c1-8-11(20(13,17)18)19-12(14-8)15-10(16)7-9-5-3-2-4-6-9/h9H,2-7H2,1H3,(H2,13,17,18)(H,14,15,16). The molecule has 20 heavy (non-hydrogen) atoms. The summed E-state index contributed by atoms with van der Waals surface area (Å²) < 4.78 is 22.6. The molecule has 0 spiro atoms. The van der Waals surface area contributed by atoms with E-state index < -0.39 is 10.0 Å². The Bertz CT molecular complexity index is 589. The third-order valence-corrected chi connectivity index (χ3v) is 6.08. The first-order valence-corrected chi connectivity index (χ1v) is 9.02. The van der Waals surface area contributed by atoms with E-state index >= 15 is 0 Å². The van der Waals surface area contributed by atoms with E-state index in [2.05, 4.69) is 10.3 Å². The minimum absolute atomic E-state index is 0.00506. The molecule has 0 bridgehead atoms. The highest BCUT2D eigenvalue weighted by Crippen LogP contribution is 2.28. The number of rotatable bonds is 4. The van der Waals surface area contributed by atoms with Crippen molar-refractivity contribution in [1.82, 2.24) is 4.98 Å². The summed E-state index contributed by atoms with van der Waals surface area (Å²) in [6, 6.07) is 0. The van der Waals surface area contributed by atoms with Crippen molar-refractivity contribution in [3.05, 3.63) is 5.69 Å². The van der Waals surface area contributed by atoms with Gasteiger partial charge in [-0.3, -0.25) is 4.79 Å². The molecular formula is C12H19N3O3S2. The van der Waals surface area contributed by atoms with Gasteiger partial charge in [-0.05, 0) is 25.7 Å². The number of nitrogens with two attached hydrogens (primary N) is 1. The molecule has 0 radical (unpaired) electrons. The van der Waals surface area contributed by atoms with Gasteiger partial charge in [0.25, 0.3) is 0 Å². The van der Waals surface area contributed by atoms with Gasteiger partial charge in [0, 0.05) is 6.42 Å². The highest BCUT2D eigenvalue weighted by atomic mass is 32.2. The van der Waals surface area contributed by atoms with Crippen molar-refractivity contribution in [2.75, 3.05) is 5.32 Å². The number of nitrogens with one attached hydrogen (secondary N) is 1. The van der Waals surface area contributed by atoms with Crippen LogP contribution in [-0.4, -0.2) is 19.3 Å². The van der Waals surface area contributed by atoms with Crippen molar-refractivity contribution in [2.24, 2.45) is 11.1 Å². The third-order valence-electron chi connectivity index (χ3n) is 3.46. The molecule has 1 heterocycles. The number of anilines is 1. The average molecular weight is 317 g/mol. The predicted molar refractivity (Wildman–Crippen MR) is 78.0 cm³/mol. The molecule has 8 heteroatoms. The number of hydrogen-bond acceptors (Lipinski definition) is 5. The maximum atomic E-state index is 11.9. The largest absolute Gasteiger partial charge is 0.302 e. The normalized spacial score (nSPS) is 17.1. The van der Waals surface area contributed by atoms with Crippen LogP contribution in [0.25, 0.3) is 0 Å². The zero-order valence-corrected chi connectivity index (χ0v) is 13.0. The highest BCUT2D eigenvalue weighted by Gasteiger charge is 2.21. The fourth-order valence-corrected chi connectivity index (χ4v) is 4.40. The fraction of sp³-hybridized carbons (Fsp3) is 0.667. The molecule has 0 unspecified atom stereocenters. The number of amides is 1. The van der Waals surface area contributed by atoms with E-state index in [1.807, 2.05) is 0 Å². The lowest BCUT2D eigenvalue weighted by molar-refractivity contribution is -0.117. The van der Waals surface area contributed by atoms with Gasteiger partial charge in [0.1, 0.15) is 0 Å². The Labute approximate surface area is 122 Å². The summed E-state index contributed by atoms with van der Waals surface area (Å²) in [6.45, 7) is 1.56. The number of nitrogens with zero attached hydrogens (tertiary/aromatic N) is 1. The highest BCUT2D eigenvalue weighted by molar-refractivity contribution is 7.91. The van der Waals surface area contributed by atoms with E-state index in [-0.39, 0.29) is 10.1 Å². The molecular weight excluding hydrogens is 298 g/mol. The molecule has 1 saturated carbocycles. The predicted octanol–water partition coefficient (Wildman–Crippen LogP) is 2.01. The Hall–Kier alpha value is -0.990. The quantitative estimate of drug-likeness (QED) is 0.886. The van der Waals surface area contributed by atoms with E-state index in [1.54, 1.807) is 6.92 Å². The maximum absolute atomic E-state index is 11.9. The maximum Gasteiger partial charge on any atom is 0.249 e. The van der Waals surface area contributed by atoms with Crippen LogP contribution in [0.1, 0.15) is 44.2 Å². The van der Waals surface area contributed by atoms with Crippen molar-refractivity contribution in [3.8, 4) is 0 Å². The first-order chi connectivity index (χ1) is 9.36. The van der Waals surface area contributed by atoms with Gasteiger partial charge in [-0.2, -0.15) is 0 Å². The Balaban J connectivity index is 1.97. The summed E-state index contributed by atoms with van der Waals surface area (Å²) in [7, 11) is -3.77. The number of sulfonamides is 1. The molecule has 1 aliphatic rings. The van der Waals surface area contributed by atoms with Crippen LogP contribution >= 0.6 is 11.3 Å². The summed E-state index contributed by atoms with van der Waals surface area (Å²) in [4.78, 5) is 16.0. The van der Waals surface area contributed by atoms with Gasteiger partial charge in [0.15, 0.2) is 9.34 Å². The number of carbonyl (C=O) groups excluding carboxylic acids is 1. The number of aryl methyl sites for hydroxylation is 1. The topological polar surface area (TPSA) is 102 Å². The van der Waals surface area contributed by atoms with Crippen molar-refractivity contribution in [2.45, 2.75) is 49.7 Å². The van der Waals surface area contributed by atoms with Crippen LogP contribution in [0, 0.1) is 12.8 Å². The molecule has 112 valence electrons. The lowest BCUT2D eigenvalue weighted by Gasteiger charge is -2.20. The smallest absolute Gasteiger partial charge is 0.249 e. The van der Waals surface area contributed by atoms with Gasteiger partial charge in [0.05, 0.1) is 5.69 Å². The summed E-state index contributed by atoms with van der Waals surface area (Å²) in [5.74, 6) is 0.328. The van der Waals surface area contributed by atoms with Gasteiger partial charge in [-0.1, -0.05) is 30.6 Å². The number of primary sulfonamides is 1. The van der Waals surface area contributed by atoms with Crippen LogP contribution in [0.2, 0.25) is 0 Å². The molecule has 0 aliphatic heterocycles. The van der Waals surface area contributed by atoms with Crippen molar-refractivity contribution < 1.29 is 13.2 Å². The molecule has 1 aliphatic carbocycles. The average Bonchev–Trinajstić information content (AvgIpc) is 2.71. The molecule has 6 nitrogen and oxygen atoms in total. The minimum atomic E-state index is -3.77. The van der Waals surface area contributed by atoms with Crippen molar-refractivity contribution >= 4 is 32.4 Å². The van der Waals surface area contributed by atoms with Crippen LogP contribution < -0.4 is 10.5 Å². The van der Waals surface area contributed by atoms with Crippen LogP contribution in [0.5, 0.6) is 0 Å². The second-order valence-corrected chi connectivity index (χ2v) is 7.95. The van der Waals surface area contributed by atoms with Gasteiger partial charge in [0.2, 0.25) is 15.9 Å². The zero-order valence-electron chi connectivity index (χ0n) is 11.4. The third kappa shape index (κ3) is 4.00. The molecule has 2 rings (SSSR count). The second kappa shape index (κ2) is 6.19. The van der Waals surface area contributed by atoms with Crippen LogP contribution in [0.15, 0.2) is 4.21 Å². The molecule has 0 saturated heterocycles. The summed E-state index contributed by atoms with van der Waals surface area (Å²) in [5, 5.41) is 8.05. The fourth-order valence-electron chi connectivity index (χ4n) is 2.52. The second-order valence-electron chi connectivity index (χ2n) is 5.19. The SMILES string of the molecule is Cc1nc(NC(=O)CC2CCCCC2)sc1S(N)(=O)=O. The van der Waals surface area contributed by atoms with E-state index in [4.69, 9.17) is 5.14 Å². The lowest BCUT2D eigenvalue weighted by atomic mass is 9.87. The van der Waals surface area contributed by atoms with Crippen molar-refractivity contribution in [3.63, 3.8) is 0 Å². The number of carbonyl (C=O) groups is 1. The van der Waals surface area contributed by atoms with Gasteiger partial charge >= 0.3 is 0 Å². The van der Waals surface area contributed by atoms with Gasteiger partial charge in [-0.25, -0.2) is 18.5 Å². The molecule has 0 aromatic carbocycles. The molecule has 1 fully saturated rings. The lowest BCUT2D eigenvalue weighted by Crippen LogP contribution is -2.18. The summed E-state index contributed by atoms with van der Waals surface area (Å²) >= 11 is 0.901. The minimum Gasteiger partial charge on any atom is -0.302 e. The van der Waals surface area contributed by atoms with E-state index in [0.717, 1.165) is 24.2 Å². The molecule has 1 aromatic heterocycles. The van der Waals surface area contributed by atoms with Crippen LogP contribution in [-0.2, 0) is 14.8 Å². The Morgan fingerprint density at radius 2 is 2.05 bits per heavy atom. The molecule has 1 aromatic rings. The monoisotopic (exact) mass is 317 g/mol. The van der Waals surface area contributed by atoms with E-state index in [9.17, 15) is 13.2 Å². The van der Waals surface area contributed by atoms with E-state index in [0.29, 0.717) is 23.2 Å². The first kappa shape index (κ1) is 15.4. The molecule has 3 N–H and O–H groups in total. The van der Waals surface area contributed by atoms with Crippen LogP contribution in [0.3, 0.4) is 0 Å².